The number of hydrogen-bond donors (Lipinski definition) is 1. The van der Waals surface area contributed by atoms with Crippen LogP contribution in [-0.4, -0.2) is 23.6 Å². The van der Waals surface area contributed by atoms with Gasteiger partial charge in [0.05, 0.1) is 10.0 Å². The Balaban J connectivity index is 2.46. The summed E-state index contributed by atoms with van der Waals surface area (Å²) in [5, 5.41) is 2.88. The Morgan fingerprint density at radius 3 is 2.74 bits per heavy atom. The van der Waals surface area contributed by atoms with E-state index in [1.807, 2.05) is 0 Å². The fourth-order valence-electron chi connectivity index (χ4n) is 1.52. The lowest BCUT2D eigenvalue weighted by molar-refractivity contribution is -0.0494. The van der Waals surface area contributed by atoms with Crippen molar-refractivity contribution >= 4 is 21.7 Å². The van der Waals surface area contributed by atoms with Gasteiger partial charge in [0.2, 0.25) is 0 Å². The van der Waals surface area contributed by atoms with Crippen LogP contribution in [0.1, 0.15) is 0 Å². The molecule has 1 heterocycles. The van der Waals surface area contributed by atoms with E-state index in [1.165, 1.54) is 6.07 Å². The number of rotatable bonds is 4. The average molecular weight is 330 g/mol. The molecule has 0 spiro atoms. The molecule has 0 unspecified atom stereocenters. The van der Waals surface area contributed by atoms with Crippen LogP contribution in [0.3, 0.4) is 0 Å². The number of aromatic nitrogens is 2. The number of para-hydroxylation sites is 1. The zero-order chi connectivity index (χ0) is 13.8. The summed E-state index contributed by atoms with van der Waals surface area (Å²) in [6.45, 7) is -2.89. The maximum Gasteiger partial charge on any atom is 0.387 e. The van der Waals surface area contributed by atoms with E-state index < -0.39 is 6.61 Å². The zero-order valence-electron chi connectivity index (χ0n) is 9.90. The van der Waals surface area contributed by atoms with E-state index in [9.17, 15) is 8.78 Å². The molecule has 0 amide bonds. The second kappa shape index (κ2) is 5.92. The van der Waals surface area contributed by atoms with Gasteiger partial charge < -0.3 is 10.1 Å². The van der Waals surface area contributed by atoms with Crippen LogP contribution in [0.4, 0.5) is 14.6 Å². The third-order valence-corrected chi connectivity index (χ3v) is 2.91. The van der Waals surface area contributed by atoms with Crippen molar-refractivity contribution in [2.24, 2.45) is 0 Å². The Bertz CT molecular complexity index is 581. The highest BCUT2D eigenvalue weighted by atomic mass is 79.9. The SMILES string of the molecule is CNc1nc(-c2ccccc2OC(F)F)ncc1Br. The van der Waals surface area contributed by atoms with Crippen molar-refractivity contribution in [2.75, 3.05) is 12.4 Å². The molecule has 7 heteroatoms. The molecular weight excluding hydrogens is 320 g/mol. The first kappa shape index (κ1) is 13.7. The molecule has 0 saturated heterocycles. The molecule has 0 fully saturated rings. The number of benzene rings is 1. The van der Waals surface area contributed by atoms with E-state index >= 15 is 0 Å². The van der Waals surface area contributed by atoms with Gasteiger partial charge in [-0.3, -0.25) is 0 Å². The van der Waals surface area contributed by atoms with Crippen LogP contribution in [0.15, 0.2) is 34.9 Å². The predicted molar refractivity (Wildman–Crippen MR) is 71.3 cm³/mol. The van der Waals surface area contributed by atoms with Crippen LogP contribution in [-0.2, 0) is 0 Å². The number of nitrogens with one attached hydrogen (secondary N) is 1. The van der Waals surface area contributed by atoms with E-state index in [1.54, 1.807) is 31.4 Å². The molecule has 0 atom stereocenters. The van der Waals surface area contributed by atoms with E-state index in [4.69, 9.17) is 0 Å². The highest BCUT2D eigenvalue weighted by molar-refractivity contribution is 9.10. The Hall–Kier alpha value is -1.76. The molecular formula is C12H10BrF2N3O. The fourth-order valence-corrected chi connectivity index (χ4v) is 1.91. The normalized spacial score (nSPS) is 10.6. The van der Waals surface area contributed by atoms with Gasteiger partial charge >= 0.3 is 6.61 Å². The van der Waals surface area contributed by atoms with Crippen molar-refractivity contribution in [3.8, 4) is 17.1 Å². The molecule has 0 bridgehead atoms. The van der Waals surface area contributed by atoms with Crippen molar-refractivity contribution in [3.05, 3.63) is 34.9 Å². The lowest BCUT2D eigenvalue weighted by Crippen LogP contribution is -2.04. The molecule has 2 rings (SSSR count). The monoisotopic (exact) mass is 329 g/mol. The molecule has 1 aromatic carbocycles. The van der Waals surface area contributed by atoms with Crippen molar-refractivity contribution in [3.63, 3.8) is 0 Å². The Morgan fingerprint density at radius 1 is 1.32 bits per heavy atom. The van der Waals surface area contributed by atoms with Gasteiger partial charge in [0, 0.05) is 13.2 Å². The van der Waals surface area contributed by atoms with Gasteiger partial charge in [0.15, 0.2) is 5.82 Å². The number of alkyl halides is 2. The molecule has 0 saturated carbocycles. The summed E-state index contributed by atoms with van der Waals surface area (Å²) in [4.78, 5) is 8.34. The number of ether oxygens (including phenoxy) is 1. The van der Waals surface area contributed by atoms with Crippen LogP contribution in [0.5, 0.6) is 5.75 Å². The van der Waals surface area contributed by atoms with E-state index in [0.717, 1.165) is 0 Å². The summed E-state index contributed by atoms with van der Waals surface area (Å²) in [6, 6.07) is 6.39. The Morgan fingerprint density at radius 2 is 2.05 bits per heavy atom. The maximum absolute atomic E-state index is 12.3. The minimum Gasteiger partial charge on any atom is -0.434 e. The molecule has 4 nitrogen and oxygen atoms in total. The number of nitrogens with zero attached hydrogens (tertiary/aromatic N) is 2. The van der Waals surface area contributed by atoms with Crippen molar-refractivity contribution < 1.29 is 13.5 Å². The molecule has 100 valence electrons. The van der Waals surface area contributed by atoms with Crippen LogP contribution in [0, 0.1) is 0 Å². The van der Waals surface area contributed by atoms with E-state index in [-0.39, 0.29) is 5.75 Å². The molecule has 0 aliphatic rings. The highest BCUT2D eigenvalue weighted by Gasteiger charge is 2.13. The van der Waals surface area contributed by atoms with Crippen LogP contribution >= 0.6 is 15.9 Å². The standard InChI is InChI=1S/C12H10BrF2N3O/c1-16-11-8(13)6-17-10(18-11)7-4-2-3-5-9(7)19-12(14)15/h2-6,12H,1H3,(H,16,17,18). The second-order valence-corrected chi connectivity index (χ2v) is 4.37. The quantitative estimate of drug-likeness (QED) is 0.931. The van der Waals surface area contributed by atoms with Gasteiger partial charge in [0.1, 0.15) is 11.6 Å². The molecule has 1 N–H and O–H groups in total. The smallest absolute Gasteiger partial charge is 0.387 e. The third-order valence-electron chi connectivity index (χ3n) is 2.32. The fraction of sp³-hybridized carbons (Fsp3) is 0.167. The topological polar surface area (TPSA) is 47.0 Å². The first-order valence-corrected chi connectivity index (χ1v) is 6.15. The first-order valence-electron chi connectivity index (χ1n) is 5.36. The maximum atomic E-state index is 12.3. The van der Waals surface area contributed by atoms with Gasteiger partial charge in [-0.05, 0) is 28.1 Å². The number of anilines is 1. The lowest BCUT2D eigenvalue weighted by atomic mass is 10.2. The Kier molecular flexibility index (Phi) is 4.26. The summed E-state index contributed by atoms with van der Waals surface area (Å²) < 4.78 is 29.8. The summed E-state index contributed by atoms with van der Waals surface area (Å²) >= 11 is 3.28. The van der Waals surface area contributed by atoms with E-state index in [2.05, 4.69) is 36.0 Å². The van der Waals surface area contributed by atoms with Crippen LogP contribution in [0.2, 0.25) is 0 Å². The van der Waals surface area contributed by atoms with Gasteiger partial charge in [-0.2, -0.15) is 8.78 Å². The largest absolute Gasteiger partial charge is 0.434 e. The van der Waals surface area contributed by atoms with Gasteiger partial charge in [-0.1, -0.05) is 12.1 Å². The van der Waals surface area contributed by atoms with Crippen LogP contribution in [0.25, 0.3) is 11.4 Å². The first-order chi connectivity index (χ1) is 9.11. The van der Waals surface area contributed by atoms with E-state index in [0.29, 0.717) is 21.7 Å². The van der Waals surface area contributed by atoms with Crippen molar-refractivity contribution in [1.82, 2.24) is 9.97 Å². The molecule has 1 aromatic heterocycles. The summed E-state index contributed by atoms with van der Waals surface area (Å²) in [5.41, 5.74) is 0.409. The molecule has 0 aliphatic carbocycles. The minimum absolute atomic E-state index is 0.0434. The van der Waals surface area contributed by atoms with Crippen LogP contribution < -0.4 is 10.1 Å². The number of halogens is 3. The zero-order valence-corrected chi connectivity index (χ0v) is 11.5. The van der Waals surface area contributed by atoms with Crippen molar-refractivity contribution in [2.45, 2.75) is 6.61 Å². The summed E-state index contributed by atoms with van der Waals surface area (Å²) in [6.07, 6.45) is 1.55. The summed E-state index contributed by atoms with van der Waals surface area (Å²) in [5.74, 6) is 0.919. The minimum atomic E-state index is -2.89. The van der Waals surface area contributed by atoms with Gasteiger partial charge in [-0.25, -0.2) is 9.97 Å². The predicted octanol–water partition coefficient (Wildman–Crippen LogP) is 3.55. The lowest BCUT2D eigenvalue weighted by Gasteiger charge is -2.10. The van der Waals surface area contributed by atoms with Gasteiger partial charge in [0.25, 0.3) is 0 Å². The number of hydrogen-bond acceptors (Lipinski definition) is 4. The third kappa shape index (κ3) is 3.17. The second-order valence-electron chi connectivity index (χ2n) is 3.51. The van der Waals surface area contributed by atoms with Crippen molar-refractivity contribution in [1.29, 1.82) is 0 Å². The molecule has 0 radical (unpaired) electrons. The summed E-state index contributed by atoms with van der Waals surface area (Å²) in [7, 11) is 1.71. The Labute approximate surface area is 117 Å². The molecule has 2 aromatic rings. The molecule has 0 aliphatic heterocycles. The molecule has 19 heavy (non-hydrogen) atoms. The van der Waals surface area contributed by atoms with Gasteiger partial charge in [-0.15, -0.1) is 0 Å². The average Bonchev–Trinajstić information content (AvgIpc) is 2.39. The highest BCUT2D eigenvalue weighted by Crippen LogP contribution is 2.30.